The second kappa shape index (κ2) is 2.05. The third-order valence-electron chi connectivity index (χ3n) is 1.95. The molecule has 58 valence electrons. The van der Waals surface area contributed by atoms with Gasteiger partial charge in [0.05, 0.1) is 11.4 Å². The molecule has 0 saturated carbocycles. The van der Waals surface area contributed by atoms with Crippen LogP contribution in [0.25, 0.3) is 0 Å². The number of aromatic nitrogens is 3. The van der Waals surface area contributed by atoms with Gasteiger partial charge in [0, 0.05) is 0 Å². The van der Waals surface area contributed by atoms with Gasteiger partial charge in [0.2, 0.25) is 0 Å². The lowest BCUT2D eigenvalue weighted by Crippen LogP contribution is -2.08. The van der Waals surface area contributed by atoms with E-state index in [1.807, 2.05) is 0 Å². The molecule has 0 amide bonds. The Labute approximate surface area is 62.4 Å². The molecule has 1 unspecified atom stereocenters. The van der Waals surface area contributed by atoms with Crippen molar-refractivity contribution in [3.8, 4) is 0 Å². The van der Waals surface area contributed by atoms with Gasteiger partial charge in [-0.3, -0.25) is 4.79 Å². The lowest BCUT2D eigenvalue weighted by atomic mass is 10.1. The summed E-state index contributed by atoms with van der Waals surface area (Å²) < 4.78 is 0. The van der Waals surface area contributed by atoms with Crippen LogP contribution >= 0.6 is 0 Å². The molecule has 1 heterocycles. The third kappa shape index (κ3) is 0.806. The quantitative estimate of drug-likeness (QED) is 0.591. The zero-order chi connectivity index (χ0) is 7.84. The third-order valence-corrected chi connectivity index (χ3v) is 1.95. The number of carboxylic acids is 1. The van der Waals surface area contributed by atoms with Gasteiger partial charge in [0.25, 0.3) is 0 Å². The van der Waals surface area contributed by atoms with Crippen molar-refractivity contribution in [2.24, 2.45) is 0 Å². The minimum absolute atomic E-state index is 0.441. The number of aromatic amines is 1. The molecule has 5 nitrogen and oxygen atoms in total. The first-order valence-electron chi connectivity index (χ1n) is 3.41. The average Bonchev–Trinajstić information content (AvgIpc) is 2.41. The number of carbonyl (C=O) groups is 1. The van der Waals surface area contributed by atoms with Crippen molar-refractivity contribution >= 4 is 5.97 Å². The van der Waals surface area contributed by atoms with E-state index in [9.17, 15) is 4.79 Å². The summed E-state index contributed by atoms with van der Waals surface area (Å²) in [6.07, 6.45) is 1.36. The Kier molecular flexibility index (Phi) is 1.18. The van der Waals surface area contributed by atoms with E-state index in [-0.39, 0.29) is 0 Å². The highest BCUT2D eigenvalue weighted by molar-refractivity contribution is 5.76. The summed E-state index contributed by atoms with van der Waals surface area (Å²) in [6.45, 7) is 0. The summed E-state index contributed by atoms with van der Waals surface area (Å²) in [5, 5.41) is 18.7. The maximum Gasteiger partial charge on any atom is 0.312 e. The number of nitrogens with zero attached hydrogens (tertiary/aromatic N) is 2. The fraction of sp³-hybridized carbons (Fsp3) is 0.500. The summed E-state index contributed by atoms with van der Waals surface area (Å²) >= 11 is 0. The Morgan fingerprint density at radius 3 is 3.18 bits per heavy atom. The molecule has 0 spiro atoms. The van der Waals surface area contributed by atoms with Gasteiger partial charge in [-0.05, 0) is 12.8 Å². The predicted octanol–water partition coefficient (Wildman–Crippen LogP) is -0.0809. The number of hydrogen-bond acceptors (Lipinski definition) is 3. The standard InChI is InChI=1S/C6H7N3O2/c10-6(11)3-1-2-4-5(3)8-9-7-4/h3H,1-2H2,(H,10,11)(H,7,8,9). The Balaban J connectivity index is 2.38. The number of H-pyrrole nitrogens is 1. The van der Waals surface area contributed by atoms with Crippen LogP contribution in [-0.2, 0) is 11.2 Å². The first-order valence-corrected chi connectivity index (χ1v) is 3.41. The Hall–Kier alpha value is -1.39. The summed E-state index contributed by atoms with van der Waals surface area (Å²) in [4.78, 5) is 10.6. The van der Waals surface area contributed by atoms with E-state index in [2.05, 4.69) is 15.4 Å². The molecular weight excluding hydrogens is 146 g/mol. The van der Waals surface area contributed by atoms with Gasteiger partial charge in [-0.1, -0.05) is 0 Å². The van der Waals surface area contributed by atoms with E-state index >= 15 is 0 Å². The van der Waals surface area contributed by atoms with Crippen molar-refractivity contribution in [3.63, 3.8) is 0 Å². The van der Waals surface area contributed by atoms with Gasteiger partial charge in [-0.15, -0.1) is 0 Å². The number of carboxylic acid groups (broad SMARTS) is 1. The molecule has 11 heavy (non-hydrogen) atoms. The molecule has 0 aromatic carbocycles. The molecule has 2 N–H and O–H groups in total. The second-order valence-electron chi connectivity index (χ2n) is 2.59. The average molecular weight is 153 g/mol. The van der Waals surface area contributed by atoms with E-state index in [0.29, 0.717) is 12.1 Å². The second-order valence-corrected chi connectivity index (χ2v) is 2.59. The molecule has 5 heteroatoms. The van der Waals surface area contributed by atoms with Gasteiger partial charge in [0.15, 0.2) is 0 Å². The van der Waals surface area contributed by atoms with Crippen LogP contribution in [0.1, 0.15) is 23.7 Å². The maximum atomic E-state index is 10.6. The van der Waals surface area contributed by atoms with Crippen molar-refractivity contribution in [1.29, 1.82) is 0 Å². The van der Waals surface area contributed by atoms with Crippen LogP contribution in [0, 0.1) is 0 Å². The van der Waals surface area contributed by atoms with Crippen LogP contribution in [0.15, 0.2) is 0 Å². The smallest absolute Gasteiger partial charge is 0.312 e. The van der Waals surface area contributed by atoms with E-state index in [1.54, 1.807) is 0 Å². The Bertz CT molecular complexity index is 294. The highest BCUT2D eigenvalue weighted by Crippen LogP contribution is 2.29. The van der Waals surface area contributed by atoms with Crippen molar-refractivity contribution in [1.82, 2.24) is 15.4 Å². The molecule has 0 fully saturated rings. The van der Waals surface area contributed by atoms with Crippen LogP contribution in [0.2, 0.25) is 0 Å². The van der Waals surface area contributed by atoms with Crippen molar-refractivity contribution < 1.29 is 9.90 Å². The van der Waals surface area contributed by atoms with E-state index in [4.69, 9.17) is 5.11 Å². The fourth-order valence-corrected chi connectivity index (χ4v) is 1.38. The zero-order valence-electron chi connectivity index (χ0n) is 5.74. The van der Waals surface area contributed by atoms with Crippen LogP contribution in [0.5, 0.6) is 0 Å². The van der Waals surface area contributed by atoms with E-state index in [0.717, 1.165) is 12.1 Å². The largest absolute Gasteiger partial charge is 0.481 e. The highest BCUT2D eigenvalue weighted by atomic mass is 16.4. The number of hydrogen-bond donors (Lipinski definition) is 2. The molecule has 1 aromatic heterocycles. The molecule has 0 radical (unpaired) electrons. The number of aryl methyl sites for hydroxylation is 1. The molecule has 1 aliphatic carbocycles. The van der Waals surface area contributed by atoms with Crippen molar-refractivity contribution in [2.75, 3.05) is 0 Å². The molecule has 1 atom stereocenters. The molecule has 0 saturated heterocycles. The Morgan fingerprint density at radius 2 is 2.45 bits per heavy atom. The summed E-state index contributed by atoms with van der Waals surface area (Å²) in [5.74, 6) is -1.25. The number of aliphatic carboxylic acids is 1. The van der Waals surface area contributed by atoms with Crippen molar-refractivity contribution in [3.05, 3.63) is 11.4 Å². The van der Waals surface area contributed by atoms with Gasteiger partial charge in [0.1, 0.15) is 5.92 Å². The van der Waals surface area contributed by atoms with E-state index in [1.165, 1.54) is 0 Å². The lowest BCUT2D eigenvalue weighted by Gasteiger charge is -1.98. The number of fused-ring (bicyclic) bond motifs is 1. The molecule has 1 aliphatic rings. The van der Waals surface area contributed by atoms with Gasteiger partial charge in [-0.25, -0.2) is 0 Å². The highest BCUT2D eigenvalue weighted by Gasteiger charge is 2.31. The SMILES string of the molecule is O=C(O)C1CCc2n[nH]nc21. The molecule has 0 aliphatic heterocycles. The molecular formula is C6H7N3O2. The molecule has 1 aromatic rings. The first-order chi connectivity index (χ1) is 5.29. The fourth-order valence-electron chi connectivity index (χ4n) is 1.38. The topological polar surface area (TPSA) is 78.9 Å². The van der Waals surface area contributed by atoms with E-state index < -0.39 is 11.9 Å². The maximum absolute atomic E-state index is 10.6. The summed E-state index contributed by atoms with van der Waals surface area (Å²) in [7, 11) is 0. The van der Waals surface area contributed by atoms with Gasteiger partial charge >= 0.3 is 5.97 Å². The zero-order valence-corrected chi connectivity index (χ0v) is 5.74. The van der Waals surface area contributed by atoms with Gasteiger partial charge in [-0.2, -0.15) is 15.4 Å². The normalized spacial score (nSPS) is 21.6. The summed E-state index contributed by atoms with van der Waals surface area (Å²) in [6, 6.07) is 0. The number of rotatable bonds is 1. The summed E-state index contributed by atoms with van der Waals surface area (Å²) in [5.41, 5.74) is 1.41. The van der Waals surface area contributed by atoms with Crippen LogP contribution in [-0.4, -0.2) is 26.5 Å². The van der Waals surface area contributed by atoms with Gasteiger partial charge < -0.3 is 5.11 Å². The van der Waals surface area contributed by atoms with Crippen LogP contribution < -0.4 is 0 Å². The monoisotopic (exact) mass is 153 g/mol. The molecule has 0 bridgehead atoms. The van der Waals surface area contributed by atoms with Crippen molar-refractivity contribution in [2.45, 2.75) is 18.8 Å². The minimum Gasteiger partial charge on any atom is -0.481 e. The minimum atomic E-state index is -0.808. The number of nitrogens with one attached hydrogen (secondary N) is 1. The first kappa shape index (κ1) is 6.33. The van der Waals surface area contributed by atoms with Crippen LogP contribution in [0.3, 0.4) is 0 Å². The lowest BCUT2D eigenvalue weighted by molar-refractivity contribution is -0.138. The predicted molar refractivity (Wildman–Crippen MR) is 35.1 cm³/mol. The molecule has 2 rings (SSSR count). The Morgan fingerprint density at radius 1 is 1.64 bits per heavy atom. The van der Waals surface area contributed by atoms with Crippen LogP contribution in [0.4, 0.5) is 0 Å².